The number of rotatable bonds is 6. The Morgan fingerprint density at radius 3 is 2.68 bits per heavy atom. The third kappa shape index (κ3) is 3.19. The van der Waals surface area contributed by atoms with E-state index in [4.69, 9.17) is 5.11 Å². The molecule has 2 aromatic rings. The minimum Gasteiger partial charge on any atom is -0.390 e. The monoisotopic (exact) mass is 353 g/mol. The Kier molecular flexibility index (Phi) is 4.19. The minimum atomic E-state index is -3.37. The second kappa shape index (κ2) is 6.07. The molecular weight excluding hydrogens is 336 g/mol. The molecule has 25 heavy (non-hydrogen) atoms. The zero-order valence-corrected chi connectivity index (χ0v) is 13.4. The summed E-state index contributed by atoms with van der Waals surface area (Å²) in [5, 5.41) is 23.0. The number of aliphatic hydroxyl groups excluding tert-OH is 1. The maximum atomic E-state index is 14.1. The van der Waals surface area contributed by atoms with Crippen molar-refractivity contribution in [1.29, 1.82) is 0 Å². The number of hydrogen-bond acceptors (Lipinski definition) is 5. The fourth-order valence-electron chi connectivity index (χ4n) is 2.95. The predicted octanol–water partition coefficient (Wildman–Crippen LogP) is 2.26. The normalized spacial score (nSPS) is 16.0. The van der Waals surface area contributed by atoms with Crippen LogP contribution in [0.4, 0.5) is 20.2 Å². The number of pyridine rings is 1. The highest BCUT2D eigenvalue weighted by molar-refractivity contribution is 5.93. The maximum Gasteiger partial charge on any atom is 0.290 e. The number of aryl methyl sites for hydroxylation is 1. The van der Waals surface area contributed by atoms with Crippen molar-refractivity contribution in [3.05, 3.63) is 44.7 Å². The molecule has 1 fully saturated rings. The van der Waals surface area contributed by atoms with Gasteiger partial charge >= 0.3 is 0 Å². The van der Waals surface area contributed by atoms with E-state index in [1.165, 1.54) is 29.8 Å². The van der Waals surface area contributed by atoms with Crippen LogP contribution in [0.5, 0.6) is 0 Å². The van der Waals surface area contributed by atoms with E-state index in [2.05, 4.69) is 5.32 Å². The van der Waals surface area contributed by atoms with Crippen LogP contribution >= 0.6 is 0 Å². The van der Waals surface area contributed by atoms with Crippen molar-refractivity contribution in [1.82, 2.24) is 4.57 Å². The van der Waals surface area contributed by atoms with Crippen molar-refractivity contribution >= 4 is 22.3 Å². The molecule has 1 aliphatic rings. The molecule has 7 nitrogen and oxygen atoms in total. The number of fused-ring (bicyclic) bond motifs is 1. The molecule has 3 rings (SSSR count). The summed E-state index contributed by atoms with van der Waals surface area (Å²) in [7, 11) is 1.50. The molecule has 1 aliphatic carbocycles. The van der Waals surface area contributed by atoms with Crippen LogP contribution in [0.2, 0.25) is 0 Å². The summed E-state index contributed by atoms with van der Waals surface area (Å²) < 4.78 is 29.4. The van der Waals surface area contributed by atoms with E-state index in [1.54, 1.807) is 0 Å². The number of nitrogens with zero attached hydrogens (tertiary/aromatic N) is 2. The highest BCUT2D eigenvalue weighted by atomic mass is 19.3. The van der Waals surface area contributed by atoms with Gasteiger partial charge in [0, 0.05) is 36.3 Å². The van der Waals surface area contributed by atoms with Crippen LogP contribution in [0.3, 0.4) is 0 Å². The number of non-ortho nitro benzene ring substituents is 1. The van der Waals surface area contributed by atoms with Gasteiger partial charge in [-0.25, -0.2) is 8.78 Å². The lowest BCUT2D eigenvalue weighted by Gasteiger charge is -2.27. The zero-order valence-electron chi connectivity index (χ0n) is 13.4. The number of anilines is 1. The van der Waals surface area contributed by atoms with Crippen molar-refractivity contribution in [3.63, 3.8) is 0 Å². The van der Waals surface area contributed by atoms with E-state index in [1.807, 2.05) is 0 Å². The van der Waals surface area contributed by atoms with Gasteiger partial charge in [-0.15, -0.1) is 0 Å². The van der Waals surface area contributed by atoms with Crippen molar-refractivity contribution in [2.75, 3.05) is 11.9 Å². The van der Waals surface area contributed by atoms with Gasteiger partial charge in [-0.1, -0.05) is 0 Å². The summed E-state index contributed by atoms with van der Waals surface area (Å²) in [6, 6.07) is 3.72. The Balaban J connectivity index is 2.14. The number of aliphatic hydroxyl groups is 1. The number of nitro benzene ring substituents is 1. The van der Waals surface area contributed by atoms with E-state index in [0.29, 0.717) is 23.7 Å². The van der Waals surface area contributed by atoms with Gasteiger partial charge in [0.05, 0.1) is 16.5 Å². The van der Waals surface area contributed by atoms with Crippen LogP contribution in [0, 0.1) is 16.0 Å². The molecule has 1 atom stereocenters. The highest BCUT2D eigenvalue weighted by Gasteiger charge is 2.48. The quantitative estimate of drug-likeness (QED) is 0.613. The molecule has 9 heteroatoms. The van der Waals surface area contributed by atoms with Crippen LogP contribution in [0.15, 0.2) is 29.1 Å². The van der Waals surface area contributed by atoms with E-state index in [0.717, 1.165) is 6.07 Å². The SMILES string of the molecule is Cn1c(=O)cc(NC(C2CC2)C(F)(F)CO)c2cc([N+](=O)[O-])ccc21. The van der Waals surface area contributed by atoms with Crippen LogP contribution < -0.4 is 10.9 Å². The Hall–Kier alpha value is -2.55. The molecule has 0 aliphatic heterocycles. The van der Waals surface area contributed by atoms with Crippen LogP contribution in [-0.4, -0.2) is 33.2 Å². The number of alkyl halides is 2. The zero-order chi connectivity index (χ0) is 18.4. The van der Waals surface area contributed by atoms with Gasteiger partial charge in [-0.3, -0.25) is 14.9 Å². The second-order valence-corrected chi connectivity index (χ2v) is 6.29. The van der Waals surface area contributed by atoms with E-state index in [-0.39, 0.29) is 17.3 Å². The fourth-order valence-corrected chi connectivity index (χ4v) is 2.95. The minimum absolute atomic E-state index is 0.104. The molecule has 0 bridgehead atoms. The molecule has 2 N–H and O–H groups in total. The first-order valence-electron chi connectivity index (χ1n) is 7.78. The fraction of sp³-hybridized carbons (Fsp3) is 0.438. The second-order valence-electron chi connectivity index (χ2n) is 6.29. The molecule has 134 valence electrons. The van der Waals surface area contributed by atoms with Gasteiger partial charge in [0.15, 0.2) is 0 Å². The average molecular weight is 353 g/mol. The third-order valence-corrected chi connectivity index (χ3v) is 4.51. The predicted molar refractivity (Wildman–Crippen MR) is 88.0 cm³/mol. The van der Waals surface area contributed by atoms with Crippen molar-refractivity contribution in [2.24, 2.45) is 13.0 Å². The lowest BCUT2D eigenvalue weighted by Crippen LogP contribution is -2.44. The van der Waals surface area contributed by atoms with Crippen molar-refractivity contribution < 1.29 is 18.8 Å². The lowest BCUT2D eigenvalue weighted by atomic mass is 10.0. The van der Waals surface area contributed by atoms with Gasteiger partial charge < -0.3 is 15.0 Å². The first-order valence-corrected chi connectivity index (χ1v) is 7.78. The number of benzene rings is 1. The summed E-state index contributed by atoms with van der Waals surface area (Å²) in [6.07, 6.45) is 1.19. The smallest absolute Gasteiger partial charge is 0.290 e. The van der Waals surface area contributed by atoms with E-state index < -0.39 is 29.1 Å². The van der Waals surface area contributed by atoms with E-state index in [9.17, 15) is 23.7 Å². The summed E-state index contributed by atoms with van der Waals surface area (Å²) in [5.41, 5.74) is -0.133. The van der Waals surface area contributed by atoms with Crippen molar-refractivity contribution in [3.8, 4) is 0 Å². The number of nitrogens with one attached hydrogen (secondary N) is 1. The summed E-state index contributed by atoms with van der Waals surface area (Å²) in [4.78, 5) is 22.5. The lowest BCUT2D eigenvalue weighted by molar-refractivity contribution is -0.384. The first-order chi connectivity index (χ1) is 11.7. The van der Waals surface area contributed by atoms with Crippen LogP contribution in [-0.2, 0) is 7.05 Å². The van der Waals surface area contributed by atoms with Crippen molar-refractivity contribution in [2.45, 2.75) is 24.8 Å². The molecule has 1 saturated carbocycles. The van der Waals surface area contributed by atoms with E-state index >= 15 is 0 Å². The molecular formula is C16H17F2N3O4. The average Bonchev–Trinajstić information content (AvgIpc) is 3.40. The Morgan fingerprint density at radius 1 is 1.44 bits per heavy atom. The molecule has 1 heterocycles. The van der Waals surface area contributed by atoms with Gasteiger partial charge in [0.2, 0.25) is 0 Å². The number of hydrogen-bond donors (Lipinski definition) is 2. The molecule has 0 spiro atoms. The summed E-state index contributed by atoms with van der Waals surface area (Å²) >= 11 is 0. The Morgan fingerprint density at radius 2 is 2.12 bits per heavy atom. The van der Waals surface area contributed by atoms with Crippen LogP contribution in [0.25, 0.3) is 10.9 Å². The molecule has 1 aromatic heterocycles. The molecule has 0 radical (unpaired) electrons. The first kappa shape index (κ1) is 17.3. The van der Waals surface area contributed by atoms with Gasteiger partial charge in [-0.2, -0.15) is 0 Å². The van der Waals surface area contributed by atoms with Gasteiger partial charge in [-0.05, 0) is 24.8 Å². The molecule has 0 saturated heterocycles. The summed E-state index contributed by atoms with van der Waals surface area (Å²) in [6.45, 7) is -1.32. The third-order valence-electron chi connectivity index (χ3n) is 4.51. The summed E-state index contributed by atoms with van der Waals surface area (Å²) in [5.74, 6) is -3.69. The Labute approximate surface area is 141 Å². The molecule has 1 unspecified atom stereocenters. The number of aromatic nitrogens is 1. The largest absolute Gasteiger partial charge is 0.390 e. The standard InChI is InChI=1S/C16H17F2N3O4/c1-20-13-5-4-10(21(24)25)6-11(13)12(7-14(20)23)19-15(9-2-3-9)16(17,18)8-22/h4-7,9,15,19,22H,2-3,8H2,1H3. The number of nitro groups is 1. The molecule has 0 amide bonds. The van der Waals surface area contributed by atoms with Gasteiger partial charge in [0.1, 0.15) is 6.61 Å². The van der Waals surface area contributed by atoms with Gasteiger partial charge in [0.25, 0.3) is 17.2 Å². The topological polar surface area (TPSA) is 97.4 Å². The molecule has 1 aromatic carbocycles. The number of halogens is 2. The van der Waals surface area contributed by atoms with Crippen LogP contribution in [0.1, 0.15) is 12.8 Å². The highest BCUT2D eigenvalue weighted by Crippen LogP contribution is 2.41. The Bertz CT molecular complexity index is 893. The maximum absolute atomic E-state index is 14.1.